The van der Waals surface area contributed by atoms with Crippen LogP contribution in [0.2, 0.25) is 0 Å². The monoisotopic (exact) mass is 245 g/mol. The fourth-order valence-electron chi connectivity index (χ4n) is 2.71. The largest absolute Gasteiger partial charge is 0.314 e. The van der Waals surface area contributed by atoms with Crippen molar-refractivity contribution in [3.8, 4) is 0 Å². The summed E-state index contributed by atoms with van der Waals surface area (Å²) in [6.45, 7) is 5.41. The number of ketones is 1. The van der Waals surface area contributed by atoms with Crippen LogP contribution < -0.4 is 5.32 Å². The molecule has 2 atom stereocenters. The molecule has 0 spiro atoms. The minimum atomic E-state index is 0.285. The van der Waals surface area contributed by atoms with Gasteiger partial charge in [0, 0.05) is 18.0 Å². The van der Waals surface area contributed by atoms with E-state index in [0.717, 1.165) is 18.5 Å². The van der Waals surface area contributed by atoms with Crippen molar-refractivity contribution in [1.29, 1.82) is 0 Å². The molecule has 2 unspecified atom stereocenters. The van der Waals surface area contributed by atoms with Gasteiger partial charge in [0.15, 0.2) is 5.78 Å². The maximum Gasteiger partial charge on any atom is 0.162 e. The summed E-state index contributed by atoms with van der Waals surface area (Å²) in [5.74, 6) is 0.945. The standard InChI is InChI=1S/C16H23NO/c1-12-5-7-15(8-6-12)16(18)10-9-14-4-3-11-17-13(14)2/h5-8,13-14,17H,3-4,9-11H2,1-2H3. The number of aryl methyl sites for hydroxylation is 1. The Morgan fingerprint density at radius 2 is 2.06 bits per heavy atom. The Morgan fingerprint density at radius 1 is 1.33 bits per heavy atom. The Morgan fingerprint density at radius 3 is 2.72 bits per heavy atom. The molecule has 18 heavy (non-hydrogen) atoms. The summed E-state index contributed by atoms with van der Waals surface area (Å²) in [6.07, 6.45) is 4.20. The van der Waals surface area contributed by atoms with E-state index in [1.165, 1.54) is 18.4 Å². The number of Topliss-reactive ketones (excluding diaryl/α,β-unsaturated/α-hetero) is 1. The van der Waals surface area contributed by atoms with E-state index < -0.39 is 0 Å². The number of hydrogen-bond donors (Lipinski definition) is 1. The summed E-state index contributed by atoms with van der Waals surface area (Å²) >= 11 is 0. The lowest BCUT2D eigenvalue weighted by Gasteiger charge is -2.29. The molecule has 0 saturated carbocycles. The van der Waals surface area contributed by atoms with Crippen LogP contribution in [-0.4, -0.2) is 18.4 Å². The van der Waals surface area contributed by atoms with Crippen molar-refractivity contribution < 1.29 is 4.79 Å². The van der Waals surface area contributed by atoms with E-state index in [1.807, 2.05) is 31.2 Å². The van der Waals surface area contributed by atoms with E-state index in [2.05, 4.69) is 12.2 Å². The Hall–Kier alpha value is -1.15. The average molecular weight is 245 g/mol. The van der Waals surface area contributed by atoms with E-state index in [9.17, 15) is 4.79 Å². The van der Waals surface area contributed by atoms with E-state index in [1.54, 1.807) is 0 Å². The molecule has 0 amide bonds. The van der Waals surface area contributed by atoms with Gasteiger partial charge in [-0.3, -0.25) is 4.79 Å². The molecular formula is C16H23NO. The Kier molecular flexibility index (Phi) is 4.54. The third-order valence-electron chi connectivity index (χ3n) is 4.04. The average Bonchev–Trinajstić information content (AvgIpc) is 2.38. The van der Waals surface area contributed by atoms with E-state index in [4.69, 9.17) is 0 Å². The first kappa shape index (κ1) is 13.3. The quantitative estimate of drug-likeness (QED) is 0.824. The van der Waals surface area contributed by atoms with Crippen LogP contribution in [0, 0.1) is 12.8 Å². The summed E-state index contributed by atoms with van der Waals surface area (Å²) in [5, 5.41) is 3.49. The van der Waals surface area contributed by atoms with Gasteiger partial charge in [0.1, 0.15) is 0 Å². The van der Waals surface area contributed by atoms with Crippen LogP contribution in [0.1, 0.15) is 48.5 Å². The number of hydrogen-bond acceptors (Lipinski definition) is 2. The van der Waals surface area contributed by atoms with Crippen molar-refractivity contribution in [2.24, 2.45) is 5.92 Å². The molecule has 1 aliphatic rings. The maximum atomic E-state index is 12.1. The first-order valence-electron chi connectivity index (χ1n) is 7.00. The van der Waals surface area contributed by atoms with Crippen molar-refractivity contribution in [1.82, 2.24) is 5.32 Å². The molecule has 0 aromatic heterocycles. The zero-order chi connectivity index (χ0) is 13.0. The Labute approximate surface area is 110 Å². The topological polar surface area (TPSA) is 29.1 Å². The van der Waals surface area contributed by atoms with Gasteiger partial charge >= 0.3 is 0 Å². The molecule has 2 nitrogen and oxygen atoms in total. The molecule has 0 aliphatic carbocycles. The van der Waals surface area contributed by atoms with Gasteiger partial charge in [-0.1, -0.05) is 29.8 Å². The van der Waals surface area contributed by atoms with Crippen molar-refractivity contribution in [2.45, 2.75) is 45.6 Å². The minimum absolute atomic E-state index is 0.285. The minimum Gasteiger partial charge on any atom is -0.314 e. The summed E-state index contributed by atoms with van der Waals surface area (Å²) < 4.78 is 0. The molecule has 0 radical (unpaired) electrons. The van der Waals surface area contributed by atoms with Crippen LogP contribution in [0.15, 0.2) is 24.3 Å². The van der Waals surface area contributed by atoms with Crippen molar-refractivity contribution in [3.63, 3.8) is 0 Å². The lowest BCUT2D eigenvalue weighted by atomic mass is 9.87. The molecule has 1 N–H and O–H groups in total. The second kappa shape index (κ2) is 6.14. The summed E-state index contributed by atoms with van der Waals surface area (Å²) in [6, 6.07) is 8.47. The zero-order valence-corrected chi connectivity index (χ0v) is 11.4. The molecule has 1 heterocycles. The maximum absolute atomic E-state index is 12.1. The molecule has 2 heteroatoms. The van der Waals surface area contributed by atoms with Crippen molar-refractivity contribution >= 4 is 5.78 Å². The lowest BCUT2D eigenvalue weighted by Crippen LogP contribution is -2.39. The van der Waals surface area contributed by atoms with Crippen LogP contribution >= 0.6 is 0 Å². The Bertz CT molecular complexity index is 396. The van der Waals surface area contributed by atoms with Gasteiger partial charge in [0.05, 0.1) is 0 Å². The van der Waals surface area contributed by atoms with Crippen LogP contribution in [-0.2, 0) is 0 Å². The highest BCUT2D eigenvalue weighted by molar-refractivity contribution is 5.96. The smallest absolute Gasteiger partial charge is 0.162 e. The van der Waals surface area contributed by atoms with Gasteiger partial charge in [-0.2, -0.15) is 0 Å². The van der Waals surface area contributed by atoms with Crippen LogP contribution in [0.3, 0.4) is 0 Å². The van der Waals surface area contributed by atoms with Crippen LogP contribution in [0.4, 0.5) is 0 Å². The molecule has 1 fully saturated rings. The molecule has 2 rings (SSSR count). The number of rotatable bonds is 4. The highest BCUT2D eigenvalue weighted by Crippen LogP contribution is 2.22. The molecule has 1 aromatic rings. The second-order valence-corrected chi connectivity index (χ2v) is 5.47. The predicted octanol–water partition coefficient (Wildman–Crippen LogP) is 3.35. The van der Waals surface area contributed by atoms with Crippen molar-refractivity contribution in [3.05, 3.63) is 35.4 Å². The SMILES string of the molecule is Cc1ccc(C(=O)CCC2CCCNC2C)cc1. The van der Waals surface area contributed by atoms with Gasteiger partial charge < -0.3 is 5.32 Å². The van der Waals surface area contributed by atoms with Crippen LogP contribution in [0.25, 0.3) is 0 Å². The first-order chi connectivity index (χ1) is 8.66. The highest BCUT2D eigenvalue weighted by Gasteiger charge is 2.21. The fraction of sp³-hybridized carbons (Fsp3) is 0.562. The van der Waals surface area contributed by atoms with Gasteiger partial charge in [0.2, 0.25) is 0 Å². The van der Waals surface area contributed by atoms with Crippen molar-refractivity contribution in [2.75, 3.05) is 6.54 Å². The number of carbonyl (C=O) groups excluding carboxylic acids is 1. The van der Waals surface area contributed by atoms with E-state index >= 15 is 0 Å². The van der Waals surface area contributed by atoms with Gasteiger partial charge in [-0.25, -0.2) is 0 Å². The third kappa shape index (κ3) is 3.42. The molecule has 1 aromatic carbocycles. The fourth-order valence-corrected chi connectivity index (χ4v) is 2.71. The number of nitrogens with one attached hydrogen (secondary N) is 1. The zero-order valence-electron chi connectivity index (χ0n) is 11.4. The molecule has 1 saturated heterocycles. The van der Waals surface area contributed by atoms with Gasteiger partial charge in [-0.05, 0) is 45.6 Å². The van der Waals surface area contributed by atoms with Gasteiger partial charge in [-0.15, -0.1) is 0 Å². The first-order valence-corrected chi connectivity index (χ1v) is 7.00. The molecule has 1 aliphatic heterocycles. The number of benzene rings is 1. The van der Waals surface area contributed by atoms with E-state index in [0.29, 0.717) is 18.4 Å². The summed E-state index contributed by atoms with van der Waals surface area (Å²) in [5.41, 5.74) is 2.06. The predicted molar refractivity (Wildman–Crippen MR) is 74.9 cm³/mol. The molecular weight excluding hydrogens is 222 g/mol. The summed E-state index contributed by atoms with van der Waals surface area (Å²) in [4.78, 5) is 12.1. The second-order valence-electron chi connectivity index (χ2n) is 5.47. The number of piperidine rings is 1. The normalized spacial score (nSPS) is 23.9. The highest BCUT2D eigenvalue weighted by atomic mass is 16.1. The summed E-state index contributed by atoms with van der Waals surface area (Å²) in [7, 11) is 0. The Balaban J connectivity index is 1.86. The third-order valence-corrected chi connectivity index (χ3v) is 4.04. The number of carbonyl (C=O) groups is 1. The lowest BCUT2D eigenvalue weighted by molar-refractivity contribution is 0.0967. The molecule has 0 bridgehead atoms. The molecule has 98 valence electrons. The van der Waals surface area contributed by atoms with Gasteiger partial charge in [0.25, 0.3) is 0 Å². The van der Waals surface area contributed by atoms with Crippen LogP contribution in [0.5, 0.6) is 0 Å². The van der Waals surface area contributed by atoms with E-state index in [-0.39, 0.29) is 5.78 Å².